The van der Waals surface area contributed by atoms with E-state index in [4.69, 9.17) is 0 Å². The van der Waals surface area contributed by atoms with Crippen LogP contribution in [0.4, 0.5) is 0 Å². The summed E-state index contributed by atoms with van der Waals surface area (Å²) >= 11 is 0. The summed E-state index contributed by atoms with van der Waals surface area (Å²) in [6.45, 7) is 3.84. The van der Waals surface area contributed by atoms with Crippen molar-refractivity contribution in [2.24, 2.45) is 0 Å². The van der Waals surface area contributed by atoms with Crippen LogP contribution in [-0.4, -0.2) is 4.98 Å². The van der Waals surface area contributed by atoms with Gasteiger partial charge in [-0.2, -0.15) is 0 Å². The summed E-state index contributed by atoms with van der Waals surface area (Å²) in [5.41, 5.74) is 2.20. The van der Waals surface area contributed by atoms with E-state index in [2.05, 4.69) is 16.8 Å². The minimum atomic E-state index is 1.07. The molecule has 1 nitrogen and oxygen atoms in total. The van der Waals surface area contributed by atoms with Crippen molar-refractivity contribution in [3.63, 3.8) is 0 Å². The lowest BCUT2D eigenvalue weighted by Gasteiger charge is -1.92. The van der Waals surface area contributed by atoms with E-state index in [9.17, 15) is 0 Å². The highest BCUT2D eigenvalue weighted by Gasteiger charge is 1.89. The van der Waals surface area contributed by atoms with Gasteiger partial charge in [-0.15, -0.1) is 5.92 Å². The number of aromatic nitrogens is 1. The van der Waals surface area contributed by atoms with E-state index in [0.29, 0.717) is 0 Å². The number of hydrogen-bond acceptors (Lipinski definition) is 1. The second kappa shape index (κ2) is 3.03. The van der Waals surface area contributed by atoms with Crippen LogP contribution in [0.1, 0.15) is 18.1 Å². The fourth-order valence-electron chi connectivity index (χ4n) is 0.748. The molecular formula is C9H9N. The van der Waals surface area contributed by atoms with Crippen LogP contribution in [0.3, 0.4) is 0 Å². The fraction of sp³-hybridized carbons (Fsp3) is 0.222. The van der Waals surface area contributed by atoms with Gasteiger partial charge in [0, 0.05) is 18.0 Å². The minimum absolute atomic E-state index is 1.07. The van der Waals surface area contributed by atoms with Gasteiger partial charge in [0.15, 0.2) is 0 Å². The molecule has 0 aliphatic carbocycles. The molecular weight excluding hydrogens is 122 g/mol. The van der Waals surface area contributed by atoms with E-state index < -0.39 is 0 Å². The number of pyridine rings is 1. The maximum Gasteiger partial charge on any atom is 0.0309 e. The summed E-state index contributed by atoms with van der Waals surface area (Å²) in [4.78, 5) is 3.96. The Balaban J connectivity index is 3.11. The van der Waals surface area contributed by atoms with Crippen molar-refractivity contribution in [2.75, 3.05) is 0 Å². The molecule has 1 heterocycles. The van der Waals surface area contributed by atoms with Gasteiger partial charge in [0.25, 0.3) is 0 Å². The van der Waals surface area contributed by atoms with Gasteiger partial charge in [0.1, 0.15) is 0 Å². The maximum absolute atomic E-state index is 3.96. The zero-order valence-electron chi connectivity index (χ0n) is 6.18. The molecule has 1 aromatic heterocycles. The summed E-state index contributed by atoms with van der Waals surface area (Å²) in [5, 5.41) is 0. The Kier molecular flexibility index (Phi) is 2.07. The van der Waals surface area contributed by atoms with E-state index in [1.165, 1.54) is 0 Å². The molecule has 0 spiro atoms. The minimum Gasteiger partial charge on any atom is -0.264 e. The van der Waals surface area contributed by atoms with Crippen LogP contribution in [0.5, 0.6) is 0 Å². The normalized spacial score (nSPS) is 8.20. The molecule has 0 saturated heterocycles. The highest BCUT2D eigenvalue weighted by Crippen LogP contribution is 2.01. The highest BCUT2D eigenvalue weighted by molar-refractivity contribution is 5.37. The number of hydrogen-bond donors (Lipinski definition) is 0. The highest BCUT2D eigenvalue weighted by atomic mass is 14.6. The van der Waals surface area contributed by atoms with E-state index in [1.807, 2.05) is 26.1 Å². The third-order valence-corrected chi connectivity index (χ3v) is 1.28. The van der Waals surface area contributed by atoms with Gasteiger partial charge in [-0.05, 0) is 25.5 Å². The Morgan fingerprint density at radius 3 is 2.90 bits per heavy atom. The van der Waals surface area contributed by atoms with Gasteiger partial charge < -0.3 is 0 Å². The second-order valence-corrected chi connectivity index (χ2v) is 2.07. The molecule has 0 unspecified atom stereocenters. The Morgan fingerprint density at radius 2 is 2.30 bits per heavy atom. The Bertz CT molecular complexity index is 278. The quantitative estimate of drug-likeness (QED) is 0.489. The second-order valence-electron chi connectivity index (χ2n) is 2.07. The van der Waals surface area contributed by atoms with E-state index in [0.717, 1.165) is 11.1 Å². The molecule has 0 saturated carbocycles. The van der Waals surface area contributed by atoms with Crippen molar-refractivity contribution in [2.45, 2.75) is 13.8 Å². The first-order valence-corrected chi connectivity index (χ1v) is 3.18. The molecule has 0 bridgehead atoms. The third kappa shape index (κ3) is 1.35. The zero-order valence-corrected chi connectivity index (χ0v) is 6.18. The SMILES string of the molecule is CC#Cc1ccncc1C. The molecule has 10 heavy (non-hydrogen) atoms. The smallest absolute Gasteiger partial charge is 0.0309 e. The molecule has 0 aliphatic heterocycles. The van der Waals surface area contributed by atoms with Crippen molar-refractivity contribution in [1.82, 2.24) is 4.98 Å². The lowest BCUT2D eigenvalue weighted by molar-refractivity contribution is 1.25. The molecule has 1 aromatic rings. The van der Waals surface area contributed by atoms with Crippen molar-refractivity contribution in [1.29, 1.82) is 0 Å². The Labute approximate surface area is 61.1 Å². The van der Waals surface area contributed by atoms with Crippen LogP contribution < -0.4 is 0 Å². The first-order chi connectivity index (χ1) is 4.84. The molecule has 0 N–H and O–H groups in total. The van der Waals surface area contributed by atoms with Crippen LogP contribution >= 0.6 is 0 Å². The summed E-state index contributed by atoms with van der Waals surface area (Å²) in [6, 6.07) is 1.92. The monoisotopic (exact) mass is 131 g/mol. The summed E-state index contributed by atoms with van der Waals surface area (Å²) < 4.78 is 0. The van der Waals surface area contributed by atoms with Gasteiger partial charge in [0.2, 0.25) is 0 Å². The maximum atomic E-state index is 3.96. The number of rotatable bonds is 0. The average Bonchev–Trinajstić information content (AvgIpc) is 1.94. The lowest BCUT2D eigenvalue weighted by Crippen LogP contribution is -1.81. The fourth-order valence-corrected chi connectivity index (χ4v) is 0.748. The van der Waals surface area contributed by atoms with Crippen molar-refractivity contribution >= 4 is 0 Å². The van der Waals surface area contributed by atoms with Gasteiger partial charge in [-0.1, -0.05) is 5.92 Å². The van der Waals surface area contributed by atoms with Crippen molar-refractivity contribution in [3.8, 4) is 11.8 Å². The van der Waals surface area contributed by atoms with Crippen LogP contribution in [0.15, 0.2) is 18.5 Å². The summed E-state index contributed by atoms with van der Waals surface area (Å²) in [5.74, 6) is 5.83. The predicted octanol–water partition coefficient (Wildman–Crippen LogP) is 1.76. The molecule has 1 heteroatoms. The van der Waals surface area contributed by atoms with Crippen molar-refractivity contribution in [3.05, 3.63) is 29.6 Å². The Morgan fingerprint density at radius 1 is 1.50 bits per heavy atom. The first kappa shape index (κ1) is 6.82. The van der Waals surface area contributed by atoms with Crippen LogP contribution in [-0.2, 0) is 0 Å². The molecule has 0 amide bonds. The number of nitrogens with zero attached hydrogens (tertiary/aromatic N) is 1. The van der Waals surface area contributed by atoms with Gasteiger partial charge in [-0.3, -0.25) is 4.98 Å². The summed E-state index contributed by atoms with van der Waals surface area (Å²) in [7, 11) is 0. The van der Waals surface area contributed by atoms with Crippen molar-refractivity contribution < 1.29 is 0 Å². The number of aryl methyl sites for hydroxylation is 1. The largest absolute Gasteiger partial charge is 0.264 e. The first-order valence-electron chi connectivity index (χ1n) is 3.18. The van der Waals surface area contributed by atoms with E-state index in [1.54, 1.807) is 6.20 Å². The zero-order chi connectivity index (χ0) is 7.40. The van der Waals surface area contributed by atoms with Gasteiger partial charge in [0.05, 0.1) is 0 Å². The third-order valence-electron chi connectivity index (χ3n) is 1.28. The van der Waals surface area contributed by atoms with E-state index in [-0.39, 0.29) is 0 Å². The molecule has 0 fully saturated rings. The van der Waals surface area contributed by atoms with Crippen LogP contribution in [0.25, 0.3) is 0 Å². The van der Waals surface area contributed by atoms with Crippen LogP contribution in [0.2, 0.25) is 0 Å². The molecule has 1 rings (SSSR count). The summed E-state index contributed by atoms with van der Waals surface area (Å²) in [6.07, 6.45) is 3.58. The van der Waals surface area contributed by atoms with Gasteiger partial charge in [-0.25, -0.2) is 0 Å². The van der Waals surface area contributed by atoms with Gasteiger partial charge >= 0.3 is 0 Å². The molecule has 0 aliphatic rings. The predicted molar refractivity (Wildman–Crippen MR) is 41.5 cm³/mol. The van der Waals surface area contributed by atoms with E-state index >= 15 is 0 Å². The van der Waals surface area contributed by atoms with Crippen LogP contribution in [0, 0.1) is 18.8 Å². The topological polar surface area (TPSA) is 12.9 Å². The molecule has 0 atom stereocenters. The lowest BCUT2D eigenvalue weighted by atomic mass is 10.2. The standard InChI is InChI=1S/C9H9N/c1-3-4-9-5-6-10-7-8(9)2/h5-7H,1-2H3. The molecule has 0 aromatic carbocycles. The molecule has 0 radical (unpaired) electrons. The molecule has 50 valence electrons. The Hall–Kier alpha value is -1.29. The average molecular weight is 131 g/mol.